The Morgan fingerprint density at radius 2 is 1.93 bits per heavy atom. The highest BCUT2D eigenvalue weighted by Gasteiger charge is 2.29. The van der Waals surface area contributed by atoms with Crippen molar-refractivity contribution in [2.24, 2.45) is 0 Å². The van der Waals surface area contributed by atoms with Crippen molar-refractivity contribution in [2.75, 3.05) is 19.8 Å². The molecule has 5 heteroatoms. The summed E-state index contributed by atoms with van der Waals surface area (Å²) in [5.41, 5.74) is -0.854. The van der Waals surface area contributed by atoms with Gasteiger partial charge < -0.3 is 14.9 Å². The molecule has 0 rings (SSSR count). The molecule has 0 fully saturated rings. The van der Waals surface area contributed by atoms with Crippen LogP contribution in [0.4, 0.5) is 0 Å². The lowest BCUT2D eigenvalue weighted by atomic mass is 10.0. The van der Waals surface area contributed by atoms with Crippen LogP contribution in [0.2, 0.25) is 0 Å². The second-order valence-electron chi connectivity index (χ2n) is 3.73. The van der Waals surface area contributed by atoms with Gasteiger partial charge in [-0.2, -0.15) is 0 Å². The normalized spacial score (nSPS) is 13.7. The van der Waals surface area contributed by atoms with Crippen LogP contribution in [-0.4, -0.2) is 47.6 Å². The number of aliphatic hydroxyl groups is 2. The standard InChI is InChI=1S/C10H21NO4/c1-4-8(9(14)15-5-2)11-10(3,6-12)7-13/h8,11-13H,4-7H2,1-3H3. The minimum atomic E-state index is -0.854. The van der Waals surface area contributed by atoms with Crippen LogP contribution in [0.1, 0.15) is 27.2 Å². The number of rotatable bonds is 7. The molecule has 0 radical (unpaired) electrons. The van der Waals surface area contributed by atoms with Crippen LogP contribution in [0.25, 0.3) is 0 Å². The van der Waals surface area contributed by atoms with Crippen molar-refractivity contribution in [2.45, 2.75) is 38.8 Å². The molecule has 1 unspecified atom stereocenters. The zero-order valence-electron chi connectivity index (χ0n) is 9.62. The highest BCUT2D eigenvalue weighted by Crippen LogP contribution is 2.06. The molecule has 0 aliphatic rings. The zero-order valence-corrected chi connectivity index (χ0v) is 9.62. The van der Waals surface area contributed by atoms with Crippen molar-refractivity contribution in [3.8, 4) is 0 Å². The second kappa shape index (κ2) is 6.76. The molecule has 5 nitrogen and oxygen atoms in total. The van der Waals surface area contributed by atoms with Crippen LogP contribution < -0.4 is 5.32 Å². The molecule has 1 atom stereocenters. The monoisotopic (exact) mass is 219 g/mol. The van der Waals surface area contributed by atoms with Gasteiger partial charge in [-0.3, -0.25) is 10.1 Å². The quantitative estimate of drug-likeness (QED) is 0.511. The van der Waals surface area contributed by atoms with E-state index in [9.17, 15) is 4.79 Å². The van der Waals surface area contributed by atoms with Crippen molar-refractivity contribution in [3.05, 3.63) is 0 Å². The number of carbonyl (C=O) groups excluding carboxylic acids is 1. The lowest BCUT2D eigenvalue weighted by Gasteiger charge is -2.30. The summed E-state index contributed by atoms with van der Waals surface area (Å²) in [6, 6.07) is -0.491. The van der Waals surface area contributed by atoms with E-state index in [1.165, 1.54) is 0 Å². The molecule has 0 spiro atoms. The first-order chi connectivity index (χ1) is 7.02. The third-order valence-electron chi connectivity index (χ3n) is 2.20. The largest absolute Gasteiger partial charge is 0.465 e. The van der Waals surface area contributed by atoms with Gasteiger partial charge in [-0.15, -0.1) is 0 Å². The number of hydrogen-bond donors (Lipinski definition) is 3. The molecule has 0 aliphatic carbocycles. The van der Waals surface area contributed by atoms with E-state index in [2.05, 4.69) is 5.32 Å². The predicted molar refractivity (Wildman–Crippen MR) is 56.4 cm³/mol. The number of carbonyl (C=O) groups is 1. The van der Waals surface area contributed by atoms with Gasteiger partial charge in [-0.1, -0.05) is 6.92 Å². The minimum absolute atomic E-state index is 0.237. The van der Waals surface area contributed by atoms with Crippen molar-refractivity contribution in [3.63, 3.8) is 0 Å². The molecule has 3 N–H and O–H groups in total. The van der Waals surface area contributed by atoms with Gasteiger partial charge in [0.1, 0.15) is 6.04 Å². The van der Waals surface area contributed by atoms with Gasteiger partial charge in [0.05, 0.1) is 25.4 Å². The van der Waals surface area contributed by atoms with Crippen molar-refractivity contribution in [1.82, 2.24) is 5.32 Å². The van der Waals surface area contributed by atoms with Crippen LogP contribution in [0, 0.1) is 0 Å². The Morgan fingerprint density at radius 1 is 1.40 bits per heavy atom. The average molecular weight is 219 g/mol. The summed E-state index contributed by atoms with van der Waals surface area (Å²) in [7, 11) is 0. The number of ether oxygens (including phenoxy) is 1. The van der Waals surface area contributed by atoms with Gasteiger partial charge in [-0.05, 0) is 20.3 Å². The van der Waals surface area contributed by atoms with Gasteiger partial charge in [0, 0.05) is 0 Å². The van der Waals surface area contributed by atoms with Gasteiger partial charge in [0.15, 0.2) is 0 Å². The molecule has 0 saturated carbocycles. The summed E-state index contributed by atoms with van der Waals surface area (Å²) in [6.07, 6.45) is 0.550. The Labute approximate surface area is 90.4 Å². The van der Waals surface area contributed by atoms with Gasteiger partial charge in [0.25, 0.3) is 0 Å². The van der Waals surface area contributed by atoms with E-state index in [0.717, 1.165) is 0 Å². The van der Waals surface area contributed by atoms with Gasteiger partial charge >= 0.3 is 5.97 Å². The fourth-order valence-corrected chi connectivity index (χ4v) is 1.13. The molecule has 0 amide bonds. The van der Waals surface area contributed by atoms with Crippen LogP contribution in [0.5, 0.6) is 0 Å². The third kappa shape index (κ3) is 4.59. The van der Waals surface area contributed by atoms with Crippen LogP contribution >= 0.6 is 0 Å². The molecular formula is C10H21NO4. The average Bonchev–Trinajstić information content (AvgIpc) is 2.26. The number of nitrogens with one attached hydrogen (secondary N) is 1. The van der Waals surface area contributed by atoms with Crippen molar-refractivity contribution < 1.29 is 19.7 Å². The summed E-state index contributed by atoms with van der Waals surface area (Å²) in [5.74, 6) is -0.354. The molecule has 0 bridgehead atoms. The second-order valence-corrected chi connectivity index (χ2v) is 3.73. The Hall–Kier alpha value is -0.650. The van der Waals surface area contributed by atoms with Crippen molar-refractivity contribution >= 4 is 5.97 Å². The number of hydrogen-bond acceptors (Lipinski definition) is 5. The summed E-state index contributed by atoms with van der Waals surface area (Å²) in [4.78, 5) is 11.4. The Bertz CT molecular complexity index is 192. The molecule has 0 aromatic carbocycles. The molecule has 0 saturated heterocycles. The van der Waals surface area contributed by atoms with Crippen molar-refractivity contribution in [1.29, 1.82) is 0 Å². The SMILES string of the molecule is CCOC(=O)C(CC)NC(C)(CO)CO. The fourth-order valence-electron chi connectivity index (χ4n) is 1.13. The van der Waals surface area contributed by atoms with Crippen LogP contribution in [-0.2, 0) is 9.53 Å². The van der Waals surface area contributed by atoms with E-state index < -0.39 is 11.6 Å². The summed E-state index contributed by atoms with van der Waals surface area (Å²) < 4.78 is 4.87. The lowest BCUT2D eigenvalue weighted by molar-refractivity contribution is -0.146. The van der Waals surface area contributed by atoms with E-state index in [1.807, 2.05) is 6.92 Å². The predicted octanol–water partition coefficient (Wildman–Crippen LogP) is -0.339. The highest BCUT2D eigenvalue weighted by molar-refractivity contribution is 5.75. The van der Waals surface area contributed by atoms with E-state index in [0.29, 0.717) is 13.0 Å². The maximum Gasteiger partial charge on any atom is 0.323 e. The Balaban J connectivity index is 4.36. The molecule has 0 aromatic heterocycles. The maximum absolute atomic E-state index is 11.4. The first kappa shape index (κ1) is 14.3. The van der Waals surface area contributed by atoms with E-state index >= 15 is 0 Å². The smallest absolute Gasteiger partial charge is 0.323 e. The Kier molecular flexibility index (Phi) is 6.47. The third-order valence-corrected chi connectivity index (χ3v) is 2.20. The molecular weight excluding hydrogens is 198 g/mol. The zero-order chi connectivity index (χ0) is 11.9. The van der Waals surface area contributed by atoms with Crippen LogP contribution in [0.3, 0.4) is 0 Å². The Morgan fingerprint density at radius 3 is 2.27 bits per heavy atom. The fraction of sp³-hybridized carbons (Fsp3) is 0.900. The molecule has 0 aliphatic heterocycles. The first-order valence-electron chi connectivity index (χ1n) is 5.19. The highest BCUT2D eigenvalue weighted by atomic mass is 16.5. The van der Waals surface area contributed by atoms with Gasteiger partial charge in [-0.25, -0.2) is 0 Å². The molecule has 15 heavy (non-hydrogen) atoms. The number of aliphatic hydroxyl groups excluding tert-OH is 2. The van der Waals surface area contributed by atoms with Gasteiger partial charge in [0.2, 0.25) is 0 Å². The number of esters is 1. The summed E-state index contributed by atoms with van der Waals surface area (Å²) in [5, 5.41) is 21.0. The summed E-state index contributed by atoms with van der Waals surface area (Å²) >= 11 is 0. The summed E-state index contributed by atoms with van der Waals surface area (Å²) in [6.45, 7) is 5.07. The van der Waals surface area contributed by atoms with Crippen LogP contribution in [0.15, 0.2) is 0 Å². The molecule has 90 valence electrons. The topological polar surface area (TPSA) is 78.8 Å². The first-order valence-corrected chi connectivity index (χ1v) is 5.19. The van der Waals surface area contributed by atoms with E-state index in [1.54, 1.807) is 13.8 Å². The van der Waals surface area contributed by atoms with E-state index in [4.69, 9.17) is 14.9 Å². The minimum Gasteiger partial charge on any atom is -0.465 e. The molecule has 0 aromatic rings. The molecule has 0 heterocycles. The maximum atomic E-state index is 11.4. The van der Waals surface area contributed by atoms with E-state index in [-0.39, 0.29) is 19.2 Å². The lowest BCUT2D eigenvalue weighted by Crippen LogP contribution is -2.56.